The Hall–Kier alpha value is -1.64. The minimum absolute atomic E-state index is 0.0266. The number of hydrogen-bond donors (Lipinski definition) is 0. The fraction of sp³-hybridized carbons (Fsp3) is 0.636. The van der Waals surface area contributed by atoms with Gasteiger partial charge in [0.2, 0.25) is 5.91 Å². The molecule has 1 atom stereocenters. The maximum Gasteiger partial charge on any atom is 0.462 e. The second kappa shape index (κ2) is 6.46. The van der Waals surface area contributed by atoms with Crippen molar-refractivity contribution in [2.45, 2.75) is 44.1 Å². The zero-order chi connectivity index (χ0) is 21.8. The van der Waals surface area contributed by atoms with Crippen LogP contribution in [0.15, 0.2) is 0 Å². The number of nitrogens with zero attached hydrogens (tertiary/aromatic N) is 2. The average molecular weight is 443 g/mol. The van der Waals surface area contributed by atoms with E-state index in [-0.39, 0.29) is 4.68 Å². The number of ether oxygens (including phenoxy) is 1. The molecule has 0 aliphatic rings. The zero-order valence-electron chi connectivity index (χ0n) is 12.7. The van der Waals surface area contributed by atoms with Gasteiger partial charge in [-0.25, -0.2) is 4.68 Å². The molecule has 1 aromatic heterocycles. The quantitative estimate of drug-likeness (QED) is 0.617. The maximum atomic E-state index is 14.4. The van der Waals surface area contributed by atoms with Crippen LogP contribution in [0.25, 0.3) is 0 Å². The molecule has 4 nitrogen and oxygen atoms in total. The predicted molar refractivity (Wildman–Crippen MR) is 64.1 cm³/mol. The van der Waals surface area contributed by atoms with E-state index in [1.54, 1.807) is 0 Å². The summed E-state index contributed by atoms with van der Waals surface area (Å²) >= 11 is 5.27. The van der Waals surface area contributed by atoms with Gasteiger partial charge in [0.25, 0.3) is 0 Å². The molecule has 0 amide bonds. The third-order valence-corrected chi connectivity index (χ3v) is 3.45. The Balaban J connectivity index is 3.66. The molecule has 0 radical (unpaired) electrons. The smallest absolute Gasteiger partial charge is 0.273 e. The van der Waals surface area contributed by atoms with Crippen molar-refractivity contribution in [2.24, 2.45) is 0 Å². The van der Waals surface area contributed by atoms with Crippen LogP contribution in [0.4, 0.5) is 48.3 Å². The Morgan fingerprint density at radius 2 is 1.41 bits per heavy atom. The second-order valence-electron chi connectivity index (χ2n) is 4.96. The van der Waals surface area contributed by atoms with E-state index >= 15 is 0 Å². The van der Waals surface area contributed by atoms with Crippen molar-refractivity contribution in [1.29, 1.82) is 0 Å². The Labute approximate surface area is 146 Å². The highest BCUT2D eigenvalue weighted by atomic mass is 35.5. The molecule has 0 spiro atoms. The topological polar surface area (TPSA) is 44.1 Å². The lowest BCUT2D eigenvalue weighted by molar-refractivity contribution is -0.488. The van der Waals surface area contributed by atoms with Crippen LogP contribution < -0.4 is 0 Å². The number of hydrogen-bond acceptors (Lipinski definition) is 3. The molecule has 0 saturated heterocycles. The summed E-state index contributed by atoms with van der Waals surface area (Å²) in [6, 6.07) is 0. The molecule has 16 heteroatoms. The zero-order valence-corrected chi connectivity index (χ0v) is 13.5. The van der Waals surface area contributed by atoms with Crippen LogP contribution in [0.5, 0.6) is 0 Å². The van der Waals surface area contributed by atoms with Crippen molar-refractivity contribution in [3.05, 3.63) is 16.4 Å². The summed E-state index contributed by atoms with van der Waals surface area (Å²) in [4.78, 5) is 11.2. The van der Waals surface area contributed by atoms with Crippen LogP contribution >= 0.6 is 11.6 Å². The molecule has 156 valence electrons. The van der Waals surface area contributed by atoms with Crippen LogP contribution in [0.1, 0.15) is 23.1 Å². The van der Waals surface area contributed by atoms with Gasteiger partial charge in [-0.15, -0.1) is 0 Å². The largest absolute Gasteiger partial charge is 0.462 e. The first kappa shape index (κ1) is 23.4. The van der Waals surface area contributed by atoms with Gasteiger partial charge < -0.3 is 0 Å². The van der Waals surface area contributed by atoms with Gasteiger partial charge >= 0.3 is 30.2 Å². The van der Waals surface area contributed by atoms with Gasteiger partial charge in [0.15, 0.2) is 5.69 Å². The van der Waals surface area contributed by atoms with Crippen molar-refractivity contribution in [3.63, 3.8) is 0 Å². The van der Waals surface area contributed by atoms with Crippen LogP contribution in [0.3, 0.4) is 0 Å². The molecule has 0 bridgehead atoms. The molecule has 0 fully saturated rings. The lowest BCUT2D eigenvalue weighted by Gasteiger charge is -2.34. The number of halogens is 12. The highest BCUT2D eigenvalue weighted by Gasteiger charge is 2.79. The fourth-order valence-corrected chi connectivity index (χ4v) is 1.88. The molecule has 1 heterocycles. The summed E-state index contributed by atoms with van der Waals surface area (Å²) in [6.45, 7) is 1.43. The molecular formula is C11H6ClF11N2O2. The Morgan fingerprint density at radius 3 is 1.70 bits per heavy atom. The van der Waals surface area contributed by atoms with E-state index in [1.165, 1.54) is 0 Å². The molecule has 1 aromatic rings. The molecule has 0 aromatic carbocycles. The van der Waals surface area contributed by atoms with E-state index in [0.717, 1.165) is 6.92 Å². The molecule has 0 unspecified atom stereocenters. The lowest BCUT2D eigenvalue weighted by atomic mass is 10.2. The van der Waals surface area contributed by atoms with Crippen molar-refractivity contribution in [1.82, 2.24) is 9.78 Å². The standard InChI is InChI=1S/C11H6ClF11N2O2/c1-3-5(12)6(24-25(3)4(2)26)7(13,9(16,17)18)27-11(22,23)8(14,15)10(19,20)21/h1-2H3/t7-/m1/s1. The van der Waals surface area contributed by atoms with Crippen LogP contribution in [0.2, 0.25) is 5.02 Å². The van der Waals surface area contributed by atoms with E-state index in [1.807, 2.05) is 0 Å². The lowest BCUT2D eigenvalue weighted by Crippen LogP contribution is -2.58. The first-order valence-electron chi connectivity index (χ1n) is 6.25. The summed E-state index contributed by atoms with van der Waals surface area (Å²) in [6.07, 6.45) is -20.8. The molecule has 0 aliphatic heterocycles. The SMILES string of the molecule is CC(=O)n1nc([C@@](F)(OC(F)(F)C(F)(F)C(F)(F)F)C(F)(F)F)c(Cl)c1C. The summed E-state index contributed by atoms with van der Waals surface area (Å²) in [7, 11) is 0. The van der Waals surface area contributed by atoms with Gasteiger partial charge in [0, 0.05) is 6.92 Å². The van der Waals surface area contributed by atoms with Crippen molar-refractivity contribution < 1.29 is 57.8 Å². The van der Waals surface area contributed by atoms with Gasteiger partial charge in [-0.05, 0) is 6.92 Å². The first-order valence-corrected chi connectivity index (χ1v) is 6.63. The summed E-state index contributed by atoms with van der Waals surface area (Å²) in [5.41, 5.74) is -3.11. The molecular weight excluding hydrogens is 437 g/mol. The third-order valence-electron chi connectivity index (χ3n) is 3.00. The summed E-state index contributed by atoms with van der Waals surface area (Å²) in [5, 5.41) is 1.17. The van der Waals surface area contributed by atoms with Gasteiger partial charge in [-0.1, -0.05) is 11.6 Å². The fourth-order valence-electron chi connectivity index (χ4n) is 1.64. The monoisotopic (exact) mass is 442 g/mol. The molecule has 27 heavy (non-hydrogen) atoms. The van der Waals surface area contributed by atoms with E-state index < -0.39 is 52.6 Å². The van der Waals surface area contributed by atoms with E-state index in [9.17, 15) is 53.1 Å². The minimum Gasteiger partial charge on any atom is -0.273 e. The summed E-state index contributed by atoms with van der Waals surface area (Å²) in [5.74, 6) is -14.4. The maximum absolute atomic E-state index is 14.4. The van der Waals surface area contributed by atoms with Crippen molar-refractivity contribution in [2.75, 3.05) is 0 Å². The van der Waals surface area contributed by atoms with Gasteiger partial charge in [0.1, 0.15) is 0 Å². The van der Waals surface area contributed by atoms with Gasteiger partial charge in [0.05, 0.1) is 10.7 Å². The summed E-state index contributed by atoms with van der Waals surface area (Å²) < 4.78 is 144. The number of alkyl halides is 11. The minimum atomic E-state index is -7.22. The average Bonchev–Trinajstić information content (AvgIpc) is 2.72. The number of carbonyl (C=O) groups excluding carboxylic acids is 1. The van der Waals surface area contributed by atoms with Gasteiger partial charge in [-0.2, -0.15) is 53.4 Å². The molecule has 1 rings (SSSR count). The second-order valence-corrected chi connectivity index (χ2v) is 5.34. The van der Waals surface area contributed by atoms with E-state index in [0.29, 0.717) is 6.92 Å². The number of aromatic nitrogens is 2. The van der Waals surface area contributed by atoms with Gasteiger partial charge in [-0.3, -0.25) is 9.53 Å². The number of rotatable bonds is 4. The molecule has 0 saturated carbocycles. The number of carbonyl (C=O) groups is 1. The van der Waals surface area contributed by atoms with Crippen LogP contribution in [0, 0.1) is 6.92 Å². The normalized spacial score (nSPS) is 16.4. The third kappa shape index (κ3) is 3.70. The molecule has 0 aliphatic carbocycles. The molecule has 0 N–H and O–H groups in total. The Morgan fingerprint density at radius 1 is 0.963 bits per heavy atom. The Kier molecular flexibility index (Phi) is 5.60. The van der Waals surface area contributed by atoms with Crippen LogP contribution in [-0.2, 0) is 10.6 Å². The Bertz CT molecular complexity index is 740. The van der Waals surface area contributed by atoms with E-state index in [4.69, 9.17) is 11.6 Å². The highest BCUT2D eigenvalue weighted by molar-refractivity contribution is 6.32. The van der Waals surface area contributed by atoms with E-state index in [2.05, 4.69) is 9.84 Å². The highest BCUT2D eigenvalue weighted by Crippen LogP contribution is 2.54. The van der Waals surface area contributed by atoms with Crippen molar-refractivity contribution >= 4 is 17.5 Å². The first-order chi connectivity index (χ1) is 11.7. The van der Waals surface area contributed by atoms with Crippen LogP contribution in [-0.4, -0.2) is 40.1 Å². The predicted octanol–water partition coefficient (Wildman–Crippen LogP) is 5.00. The van der Waals surface area contributed by atoms with Crippen molar-refractivity contribution in [3.8, 4) is 0 Å².